The quantitative estimate of drug-likeness (QED) is 0.226. The lowest BCUT2D eigenvalue weighted by molar-refractivity contribution is -0.0214. The van der Waals surface area contributed by atoms with Gasteiger partial charge >= 0.3 is 6.16 Å². The van der Waals surface area contributed by atoms with Crippen LogP contribution in [0.3, 0.4) is 0 Å². The molecular weight excluding hydrogens is 406 g/mol. The van der Waals surface area contributed by atoms with Gasteiger partial charge in [-0.3, -0.25) is 4.68 Å². The first kappa shape index (κ1) is 25.0. The highest BCUT2D eigenvalue weighted by Crippen LogP contribution is 2.30. The second-order valence-electron chi connectivity index (χ2n) is 8.81. The molecule has 0 radical (unpaired) electrons. The molecule has 0 saturated heterocycles. The lowest BCUT2D eigenvalue weighted by Gasteiger charge is -2.19. The SMILES string of the molecule is CCCC(C)OC(=O)OCO/C(=C(/C#N)c1ccc(C(C)(C)C)cc1)c1cc(C)nn1C. The van der Waals surface area contributed by atoms with Crippen LogP contribution in [-0.2, 0) is 26.7 Å². The zero-order chi connectivity index (χ0) is 23.9. The number of carbonyl (C=O) groups is 1. The molecule has 0 amide bonds. The molecule has 1 atom stereocenters. The van der Waals surface area contributed by atoms with Gasteiger partial charge in [-0.2, -0.15) is 10.4 Å². The topological polar surface area (TPSA) is 86.4 Å². The van der Waals surface area contributed by atoms with Crippen molar-refractivity contribution in [2.45, 2.75) is 65.9 Å². The number of aromatic nitrogens is 2. The Morgan fingerprint density at radius 1 is 1.22 bits per heavy atom. The molecule has 0 N–H and O–H groups in total. The Balaban J connectivity index is 2.33. The summed E-state index contributed by atoms with van der Waals surface area (Å²) in [5.41, 5.74) is 3.56. The first-order valence-electron chi connectivity index (χ1n) is 10.8. The molecule has 2 aromatic rings. The number of nitrogens with zero attached hydrogens (tertiary/aromatic N) is 3. The molecule has 172 valence electrons. The number of aryl methyl sites for hydroxylation is 2. The van der Waals surface area contributed by atoms with Gasteiger partial charge in [-0.25, -0.2) is 4.79 Å². The first-order chi connectivity index (χ1) is 15.1. The molecule has 7 heteroatoms. The van der Waals surface area contributed by atoms with Crippen molar-refractivity contribution in [3.8, 4) is 6.07 Å². The van der Waals surface area contributed by atoms with Crippen LogP contribution in [0.2, 0.25) is 0 Å². The Bertz CT molecular complexity index is 992. The molecule has 1 aromatic carbocycles. The average molecular weight is 440 g/mol. The highest BCUT2D eigenvalue weighted by Gasteiger charge is 2.20. The fraction of sp³-hybridized carbons (Fsp3) is 0.480. The minimum absolute atomic E-state index is 0.00333. The molecule has 1 aromatic heterocycles. The summed E-state index contributed by atoms with van der Waals surface area (Å²) in [6, 6.07) is 11.9. The predicted molar refractivity (Wildman–Crippen MR) is 123 cm³/mol. The molecule has 0 spiro atoms. The summed E-state index contributed by atoms with van der Waals surface area (Å²) in [7, 11) is 1.77. The van der Waals surface area contributed by atoms with Gasteiger partial charge in [0, 0.05) is 7.05 Å². The summed E-state index contributed by atoms with van der Waals surface area (Å²) in [4.78, 5) is 11.9. The minimum Gasteiger partial charge on any atom is -0.454 e. The van der Waals surface area contributed by atoms with E-state index in [4.69, 9.17) is 14.2 Å². The summed E-state index contributed by atoms with van der Waals surface area (Å²) < 4.78 is 17.7. The Kier molecular flexibility index (Phi) is 8.48. The van der Waals surface area contributed by atoms with Crippen LogP contribution >= 0.6 is 0 Å². The van der Waals surface area contributed by atoms with Gasteiger partial charge in [-0.05, 0) is 42.9 Å². The Hall–Kier alpha value is -3.27. The van der Waals surface area contributed by atoms with Crippen LogP contribution < -0.4 is 0 Å². The van der Waals surface area contributed by atoms with Gasteiger partial charge in [0.15, 0.2) is 5.76 Å². The molecule has 7 nitrogen and oxygen atoms in total. The van der Waals surface area contributed by atoms with Gasteiger partial charge in [0.25, 0.3) is 0 Å². The molecule has 0 aliphatic carbocycles. The van der Waals surface area contributed by atoms with Gasteiger partial charge in [-0.15, -0.1) is 0 Å². The second kappa shape index (κ2) is 10.9. The number of hydrogen-bond acceptors (Lipinski definition) is 6. The smallest absolute Gasteiger partial charge is 0.454 e. The van der Waals surface area contributed by atoms with E-state index >= 15 is 0 Å². The molecular formula is C25H33N3O4. The van der Waals surface area contributed by atoms with Crippen molar-refractivity contribution in [2.24, 2.45) is 7.05 Å². The Labute approximate surface area is 190 Å². The molecule has 0 aliphatic rings. The molecule has 0 fully saturated rings. The zero-order valence-corrected chi connectivity index (χ0v) is 20.1. The van der Waals surface area contributed by atoms with Crippen LogP contribution in [0, 0.1) is 18.3 Å². The van der Waals surface area contributed by atoms with Crippen LogP contribution in [0.1, 0.15) is 70.0 Å². The van der Waals surface area contributed by atoms with Gasteiger partial charge in [0.1, 0.15) is 23.4 Å². The van der Waals surface area contributed by atoms with Crippen molar-refractivity contribution >= 4 is 17.5 Å². The largest absolute Gasteiger partial charge is 0.511 e. The normalized spacial score (nSPS) is 13.1. The van der Waals surface area contributed by atoms with E-state index in [1.807, 2.05) is 51.1 Å². The number of allylic oxidation sites excluding steroid dienone is 1. The molecule has 0 aliphatic heterocycles. The lowest BCUT2D eigenvalue weighted by atomic mass is 9.86. The maximum absolute atomic E-state index is 11.9. The van der Waals surface area contributed by atoms with Crippen LogP contribution in [-0.4, -0.2) is 28.8 Å². The fourth-order valence-corrected chi connectivity index (χ4v) is 3.28. The van der Waals surface area contributed by atoms with E-state index in [-0.39, 0.29) is 24.1 Å². The van der Waals surface area contributed by atoms with Gasteiger partial charge in [0.2, 0.25) is 6.79 Å². The Morgan fingerprint density at radius 3 is 2.38 bits per heavy atom. The predicted octanol–water partition coefficient (Wildman–Crippen LogP) is 5.73. The van der Waals surface area contributed by atoms with Crippen LogP contribution in [0.4, 0.5) is 4.79 Å². The van der Waals surface area contributed by atoms with Crippen molar-refractivity contribution in [1.82, 2.24) is 9.78 Å². The number of benzene rings is 1. The molecule has 0 saturated carbocycles. The maximum Gasteiger partial charge on any atom is 0.511 e. The van der Waals surface area contributed by atoms with Crippen molar-refractivity contribution in [2.75, 3.05) is 6.79 Å². The van der Waals surface area contributed by atoms with Crippen LogP contribution in [0.5, 0.6) is 0 Å². The summed E-state index contributed by atoms with van der Waals surface area (Å²) in [6.07, 6.45) is 0.605. The van der Waals surface area contributed by atoms with Crippen LogP contribution in [0.25, 0.3) is 11.3 Å². The zero-order valence-electron chi connectivity index (χ0n) is 20.1. The second-order valence-corrected chi connectivity index (χ2v) is 8.81. The van der Waals surface area contributed by atoms with E-state index in [0.29, 0.717) is 16.8 Å². The fourth-order valence-electron chi connectivity index (χ4n) is 3.28. The summed E-state index contributed by atoms with van der Waals surface area (Å²) in [5, 5.41) is 14.3. The van der Waals surface area contributed by atoms with Crippen molar-refractivity contribution in [3.05, 3.63) is 52.8 Å². The average Bonchev–Trinajstić information content (AvgIpc) is 3.05. The van der Waals surface area contributed by atoms with E-state index in [1.165, 1.54) is 0 Å². The molecule has 0 bridgehead atoms. The standard InChI is InChI=1S/C25H33N3O4/c1-8-9-18(3)32-24(29)31-16-30-23(22-14-17(2)27-28(22)7)21(15-26)19-10-12-20(13-11-19)25(4,5)6/h10-14,18H,8-9,16H2,1-7H3/b23-21-. The number of carbonyl (C=O) groups excluding carboxylic acids is 1. The van der Waals surface area contributed by atoms with E-state index < -0.39 is 6.16 Å². The number of ether oxygens (including phenoxy) is 3. The first-order valence-corrected chi connectivity index (χ1v) is 10.8. The number of rotatable bonds is 8. The summed E-state index contributed by atoms with van der Waals surface area (Å²) in [5.74, 6) is 0.286. The molecule has 1 unspecified atom stereocenters. The van der Waals surface area contributed by atoms with Crippen molar-refractivity contribution in [3.63, 3.8) is 0 Å². The number of hydrogen-bond donors (Lipinski definition) is 0. The monoisotopic (exact) mass is 439 g/mol. The third-order valence-electron chi connectivity index (χ3n) is 4.99. The lowest BCUT2D eigenvalue weighted by Crippen LogP contribution is -2.17. The summed E-state index contributed by atoms with van der Waals surface area (Å²) in [6.45, 7) is 11.7. The van der Waals surface area contributed by atoms with E-state index in [1.54, 1.807) is 11.7 Å². The van der Waals surface area contributed by atoms with Gasteiger partial charge < -0.3 is 14.2 Å². The summed E-state index contributed by atoms with van der Waals surface area (Å²) >= 11 is 0. The molecule has 1 heterocycles. The van der Waals surface area contributed by atoms with Crippen LogP contribution in [0.15, 0.2) is 30.3 Å². The maximum atomic E-state index is 11.9. The van der Waals surface area contributed by atoms with Crippen molar-refractivity contribution in [1.29, 1.82) is 5.26 Å². The highest BCUT2D eigenvalue weighted by molar-refractivity contribution is 5.94. The van der Waals surface area contributed by atoms with E-state index in [0.717, 1.165) is 24.1 Å². The van der Waals surface area contributed by atoms with Crippen molar-refractivity contribution < 1.29 is 19.0 Å². The molecule has 2 rings (SSSR count). The van der Waals surface area contributed by atoms with E-state index in [2.05, 4.69) is 31.9 Å². The van der Waals surface area contributed by atoms with E-state index in [9.17, 15) is 10.1 Å². The Morgan fingerprint density at radius 2 is 1.88 bits per heavy atom. The minimum atomic E-state index is -0.806. The highest BCUT2D eigenvalue weighted by atomic mass is 16.8. The molecule has 32 heavy (non-hydrogen) atoms. The van der Waals surface area contributed by atoms with Gasteiger partial charge in [0.05, 0.1) is 5.69 Å². The third-order valence-corrected chi connectivity index (χ3v) is 4.99. The van der Waals surface area contributed by atoms with Gasteiger partial charge in [-0.1, -0.05) is 58.4 Å². The number of nitriles is 1. The third kappa shape index (κ3) is 6.61.